The molecule has 0 unspecified atom stereocenters. The molecule has 7 heteroatoms. The SMILES string of the molecule is CCOC(=O)[C@@](C)(Cc1ccc(O)c(O)c1)NN.Cl. The molecule has 19 heavy (non-hydrogen) atoms. The van der Waals surface area contributed by atoms with Crippen LogP contribution in [0.1, 0.15) is 19.4 Å². The second kappa shape index (κ2) is 7.18. The molecule has 0 aliphatic carbocycles. The minimum Gasteiger partial charge on any atom is -0.504 e. The third kappa shape index (κ3) is 4.27. The molecule has 0 saturated heterocycles. The van der Waals surface area contributed by atoms with E-state index in [0.717, 1.165) is 0 Å². The zero-order valence-corrected chi connectivity index (χ0v) is 11.7. The topological polar surface area (TPSA) is 105 Å². The number of aromatic hydroxyl groups is 2. The summed E-state index contributed by atoms with van der Waals surface area (Å²) >= 11 is 0. The van der Waals surface area contributed by atoms with Gasteiger partial charge in [-0.2, -0.15) is 0 Å². The molecule has 0 bridgehead atoms. The Morgan fingerprint density at radius 2 is 2.05 bits per heavy atom. The van der Waals surface area contributed by atoms with Crippen LogP contribution in [0, 0.1) is 0 Å². The van der Waals surface area contributed by atoms with Crippen molar-refractivity contribution in [1.29, 1.82) is 0 Å². The van der Waals surface area contributed by atoms with Gasteiger partial charge >= 0.3 is 5.97 Å². The molecule has 0 aliphatic rings. The molecular weight excluding hydrogens is 272 g/mol. The first kappa shape index (κ1) is 17.5. The van der Waals surface area contributed by atoms with E-state index in [0.29, 0.717) is 5.56 Å². The van der Waals surface area contributed by atoms with Crippen molar-refractivity contribution in [2.24, 2.45) is 5.84 Å². The van der Waals surface area contributed by atoms with Crippen LogP contribution < -0.4 is 11.3 Å². The lowest BCUT2D eigenvalue weighted by Crippen LogP contribution is -2.55. The molecule has 0 spiro atoms. The van der Waals surface area contributed by atoms with Crippen LogP contribution in [0.5, 0.6) is 11.5 Å². The highest BCUT2D eigenvalue weighted by Crippen LogP contribution is 2.26. The number of rotatable bonds is 5. The third-order valence-corrected chi connectivity index (χ3v) is 2.64. The van der Waals surface area contributed by atoms with Gasteiger partial charge in [0.25, 0.3) is 0 Å². The predicted octanol–water partition coefficient (Wildman–Crippen LogP) is 0.847. The van der Waals surface area contributed by atoms with Crippen molar-refractivity contribution in [3.8, 4) is 11.5 Å². The Morgan fingerprint density at radius 3 is 2.53 bits per heavy atom. The van der Waals surface area contributed by atoms with E-state index in [1.807, 2.05) is 0 Å². The molecular formula is C12H19ClN2O4. The van der Waals surface area contributed by atoms with Crippen molar-refractivity contribution in [2.45, 2.75) is 25.8 Å². The standard InChI is InChI=1S/C12H18N2O4.ClH/c1-3-18-11(17)12(2,14-13)7-8-4-5-9(15)10(16)6-8;/h4-6,14-16H,3,7,13H2,1-2H3;1H/t12-;/m1./s1. The number of benzene rings is 1. The summed E-state index contributed by atoms with van der Waals surface area (Å²) in [6.07, 6.45) is 0.232. The average molecular weight is 291 g/mol. The first-order valence-corrected chi connectivity index (χ1v) is 5.59. The van der Waals surface area contributed by atoms with Gasteiger partial charge in [0, 0.05) is 6.42 Å². The quantitative estimate of drug-likeness (QED) is 0.277. The summed E-state index contributed by atoms with van der Waals surface area (Å²) in [6, 6.07) is 4.33. The number of carbonyl (C=O) groups excluding carboxylic acids is 1. The number of carbonyl (C=O) groups is 1. The maximum atomic E-state index is 11.8. The van der Waals surface area contributed by atoms with Crippen molar-refractivity contribution in [2.75, 3.05) is 6.61 Å². The van der Waals surface area contributed by atoms with Crippen LogP contribution in [0.2, 0.25) is 0 Å². The molecule has 1 rings (SSSR count). The molecule has 0 aliphatic heterocycles. The van der Waals surface area contributed by atoms with E-state index in [1.54, 1.807) is 19.9 Å². The van der Waals surface area contributed by atoms with E-state index < -0.39 is 11.5 Å². The van der Waals surface area contributed by atoms with Crippen molar-refractivity contribution in [3.63, 3.8) is 0 Å². The van der Waals surface area contributed by atoms with Crippen LogP contribution in [0.4, 0.5) is 0 Å². The summed E-state index contributed by atoms with van der Waals surface area (Å²) in [5.74, 6) is 4.47. The van der Waals surface area contributed by atoms with E-state index in [2.05, 4.69) is 5.43 Å². The normalized spacial score (nSPS) is 13.2. The van der Waals surface area contributed by atoms with E-state index in [1.165, 1.54) is 12.1 Å². The van der Waals surface area contributed by atoms with Gasteiger partial charge in [0.15, 0.2) is 11.5 Å². The van der Waals surface area contributed by atoms with E-state index in [4.69, 9.17) is 10.6 Å². The second-order valence-electron chi connectivity index (χ2n) is 4.20. The summed E-state index contributed by atoms with van der Waals surface area (Å²) < 4.78 is 4.93. The Balaban J connectivity index is 0.00000324. The average Bonchev–Trinajstić information content (AvgIpc) is 2.34. The van der Waals surface area contributed by atoms with Gasteiger partial charge in [-0.1, -0.05) is 6.07 Å². The number of hydrogen-bond acceptors (Lipinski definition) is 6. The Bertz CT molecular complexity index is 442. The number of phenolic OH excluding ortho intramolecular Hbond substituents is 2. The molecule has 0 saturated carbocycles. The third-order valence-electron chi connectivity index (χ3n) is 2.64. The number of nitrogens with two attached hydrogens (primary N) is 1. The maximum Gasteiger partial charge on any atom is 0.327 e. The van der Waals surface area contributed by atoms with Gasteiger partial charge < -0.3 is 14.9 Å². The van der Waals surface area contributed by atoms with Crippen LogP contribution in [-0.4, -0.2) is 28.3 Å². The molecule has 0 fully saturated rings. The number of ether oxygens (including phenoxy) is 1. The molecule has 0 aromatic heterocycles. The minimum atomic E-state index is -1.08. The fourth-order valence-electron chi connectivity index (χ4n) is 1.56. The van der Waals surface area contributed by atoms with Gasteiger partial charge in [-0.3, -0.25) is 5.84 Å². The van der Waals surface area contributed by atoms with Gasteiger partial charge in [-0.25, -0.2) is 10.2 Å². The van der Waals surface area contributed by atoms with Crippen molar-refractivity contribution >= 4 is 18.4 Å². The summed E-state index contributed by atoms with van der Waals surface area (Å²) in [5, 5.41) is 18.6. The fraction of sp³-hybridized carbons (Fsp3) is 0.417. The molecule has 1 aromatic carbocycles. The first-order valence-electron chi connectivity index (χ1n) is 5.59. The highest BCUT2D eigenvalue weighted by atomic mass is 35.5. The second-order valence-corrected chi connectivity index (χ2v) is 4.20. The highest BCUT2D eigenvalue weighted by Gasteiger charge is 2.33. The first-order chi connectivity index (χ1) is 8.42. The number of esters is 1. The molecule has 5 N–H and O–H groups in total. The predicted molar refractivity (Wildman–Crippen MR) is 73.1 cm³/mol. The maximum absolute atomic E-state index is 11.8. The smallest absolute Gasteiger partial charge is 0.327 e. The van der Waals surface area contributed by atoms with E-state index in [9.17, 15) is 15.0 Å². The molecule has 108 valence electrons. The molecule has 1 aromatic rings. The van der Waals surface area contributed by atoms with Crippen LogP contribution in [0.25, 0.3) is 0 Å². The molecule has 0 heterocycles. The van der Waals surface area contributed by atoms with Crippen molar-refractivity contribution in [3.05, 3.63) is 23.8 Å². The molecule has 6 nitrogen and oxygen atoms in total. The lowest BCUT2D eigenvalue weighted by Gasteiger charge is -2.26. The van der Waals surface area contributed by atoms with Gasteiger partial charge in [-0.05, 0) is 31.5 Å². The number of halogens is 1. The van der Waals surface area contributed by atoms with E-state index in [-0.39, 0.29) is 36.9 Å². The van der Waals surface area contributed by atoms with Gasteiger partial charge in [0.2, 0.25) is 0 Å². The summed E-state index contributed by atoms with van der Waals surface area (Å²) in [7, 11) is 0. The monoisotopic (exact) mass is 290 g/mol. The van der Waals surface area contributed by atoms with Crippen LogP contribution in [0.15, 0.2) is 18.2 Å². The summed E-state index contributed by atoms with van der Waals surface area (Å²) in [6.45, 7) is 3.58. The summed E-state index contributed by atoms with van der Waals surface area (Å²) in [4.78, 5) is 11.8. The van der Waals surface area contributed by atoms with Gasteiger partial charge in [0.05, 0.1) is 6.61 Å². The number of nitrogens with one attached hydrogen (secondary N) is 1. The van der Waals surface area contributed by atoms with Crippen LogP contribution in [-0.2, 0) is 16.0 Å². The Hall–Kier alpha value is -1.50. The zero-order chi connectivity index (χ0) is 13.8. The van der Waals surface area contributed by atoms with Gasteiger partial charge in [0.1, 0.15) is 5.54 Å². The number of hydrazine groups is 1. The lowest BCUT2D eigenvalue weighted by atomic mass is 9.93. The highest BCUT2D eigenvalue weighted by molar-refractivity contribution is 5.85. The Kier molecular flexibility index (Phi) is 6.61. The van der Waals surface area contributed by atoms with E-state index >= 15 is 0 Å². The Morgan fingerprint density at radius 1 is 1.42 bits per heavy atom. The fourth-order valence-corrected chi connectivity index (χ4v) is 1.56. The Labute approximate surface area is 117 Å². The van der Waals surface area contributed by atoms with Gasteiger partial charge in [-0.15, -0.1) is 12.4 Å². The minimum absolute atomic E-state index is 0. The zero-order valence-electron chi connectivity index (χ0n) is 10.8. The largest absolute Gasteiger partial charge is 0.504 e. The number of phenols is 2. The molecule has 1 atom stereocenters. The van der Waals surface area contributed by atoms with Crippen LogP contribution in [0.3, 0.4) is 0 Å². The summed E-state index contributed by atoms with van der Waals surface area (Å²) in [5.41, 5.74) is 1.99. The molecule has 0 radical (unpaired) electrons. The lowest BCUT2D eigenvalue weighted by molar-refractivity contribution is -0.150. The number of hydrogen-bond donors (Lipinski definition) is 4. The van der Waals surface area contributed by atoms with Crippen molar-refractivity contribution in [1.82, 2.24) is 5.43 Å². The molecule has 0 amide bonds. The van der Waals surface area contributed by atoms with Crippen molar-refractivity contribution < 1.29 is 19.7 Å². The van der Waals surface area contributed by atoms with Crippen LogP contribution >= 0.6 is 12.4 Å².